The summed E-state index contributed by atoms with van der Waals surface area (Å²) in [6.07, 6.45) is 0. The van der Waals surface area contributed by atoms with Crippen molar-refractivity contribution in [3.8, 4) is 11.4 Å². The van der Waals surface area contributed by atoms with Crippen LogP contribution >= 0.6 is 39.1 Å². The number of aryl methyl sites for hydroxylation is 1. The summed E-state index contributed by atoms with van der Waals surface area (Å²) in [5.74, 6) is 0.673. The minimum Gasteiger partial charge on any atom is -0.203 e. The van der Waals surface area contributed by atoms with Gasteiger partial charge >= 0.3 is 0 Å². The van der Waals surface area contributed by atoms with Gasteiger partial charge in [-0.15, -0.1) is 0 Å². The first kappa shape index (κ1) is 10.1. The number of hydrogen-bond acceptors (Lipinski definition) is 3. The van der Waals surface area contributed by atoms with E-state index in [9.17, 15) is 0 Å². The molecule has 0 aliphatic heterocycles. The van der Waals surface area contributed by atoms with Crippen LogP contribution in [0.4, 0.5) is 0 Å². The van der Waals surface area contributed by atoms with E-state index in [1.54, 1.807) is 0 Å². The Morgan fingerprint density at radius 1 is 1.43 bits per heavy atom. The van der Waals surface area contributed by atoms with E-state index in [0.29, 0.717) is 10.3 Å². The molecule has 2 aromatic rings. The van der Waals surface area contributed by atoms with Gasteiger partial charge in [-0.05, 0) is 47.8 Å². The number of hydrogen-bond donors (Lipinski definition) is 0. The fraction of sp³-hybridized carbons (Fsp3) is 0.111. The lowest BCUT2D eigenvalue weighted by molar-refractivity contribution is 1.31. The maximum Gasteiger partial charge on any atom is 0.203 e. The van der Waals surface area contributed by atoms with Gasteiger partial charge < -0.3 is 0 Å². The second-order valence-corrected chi connectivity index (χ2v) is 5.04. The molecule has 2 nitrogen and oxygen atoms in total. The zero-order valence-corrected chi connectivity index (χ0v) is 10.4. The van der Waals surface area contributed by atoms with Gasteiger partial charge in [-0.2, -0.15) is 4.37 Å². The van der Waals surface area contributed by atoms with E-state index in [2.05, 4.69) is 25.3 Å². The van der Waals surface area contributed by atoms with Crippen LogP contribution in [0.3, 0.4) is 0 Å². The van der Waals surface area contributed by atoms with Crippen molar-refractivity contribution in [3.05, 3.63) is 32.7 Å². The zero-order chi connectivity index (χ0) is 10.1. The van der Waals surface area contributed by atoms with Crippen molar-refractivity contribution in [2.45, 2.75) is 6.92 Å². The van der Waals surface area contributed by atoms with Crippen LogP contribution in [-0.4, -0.2) is 9.36 Å². The van der Waals surface area contributed by atoms with Crippen molar-refractivity contribution in [1.29, 1.82) is 0 Å². The zero-order valence-electron chi connectivity index (χ0n) is 7.29. The van der Waals surface area contributed by atoms with Crippen molar-refractivity contribution in [1.82, 2.24) is 9.36 Å². The molecule has 1 heterocycles. The monoisotopic (exact) mass is 288 g/mol. The molecular formula is C9H6BrClN2S. The van der Waals surface area contributed by atoms with E-state index in [4.69, 9.17) is 11.6 Å². The van der Waals surface area contributed by atoms with Crippen molar-refractivity contribution in [2.24, 2.45) is 0 Å². The third kappa shape index (κ3) is 1.97. The average molecular weight is 290 g/mol. The van der Waals surface area contributed by atoms with E-state index in [0.717, 1.165) is 10.0 Å². The quantitative estimate of drug-likeness (QED) is 0.795. The molecule has 72 valence electrons. The summed E-state index contributed by atoms with van der Waals surface area (Å²) in [5, 5.41) is 0. The van der Waals surface area contributed by atoms with Crippen LogP contribution in [0.1, 0.15) is 5.56 Å². The number of benzene rings is 1. The summed E-state index contributed by atoms with van der Waals surface area (Å²) in [4.78, 5) is 4.11. The van der Waals surface area contributed by atoms with Gasteiger partial charge in [0.25, 0.3) is 0 Å². The molecule has 5 heteroatoms. The molecule has 0 N–H and O–H groups in total. The predicted molar refractivity (Wildman–Crippen MR) is 62.8 cm³/mol. The summed E-state index contributed by atoms with van der Waals surface area (Å²) >= 11 is 10.4. The highest BCUT2D eigenvalue weighted by molar-refractivity contribution is 9.10. The minimum absolute atomic E-state index is 0.465. The molecule has 0 aliphatic rings. The van der Waals surface area contributed by atoms with Crippen LogP contribution in [0.2, 0.25) is 4.47 Å². The average Bonchev–Trinajstić information content (AvgIpc) is 2.51. The Hall–Kier alpha value is -0.450. The molecule has 1 aromatic carbocycles. The van der Waals surface area contributed by atoms with Gasteiger partial charge in [-0.3, -0.25) is 0 Å². The Morgan fingerprint density at radius 3 is 2.79 bits per heavy atom. The smallest absolute Gasteiger partial charge is 0.203 e. The third-order valence-electron chi connectivity index (χ3n) is 1.77. The molecule has 0 spiro atoms. The Morgan fingerprint density at radius 2 is 2.21 bits per heavy atom. The highest BCUT2D eigenvalue weighted by Crippen LogP contribution is 2.28. The van der Waals surface area contributed by atoms with Gasteiger partial charge in [-0.1, -0.05) is 22.0 Å². The highest BCUT2D eigenvalue weighted by Gasteiger charge is 2.08. The topological polar surface area (TPSA) is 25.8 Å². The number of halogens is 2. The number of nitrogens with zero attached hydrogens (tertiary/aromatic N) is 2. The van der Waals surface area contributed by atoms with Crippen molar-refractivity contribution in [3.63, 3.8) is 0 Å². The first-order valence-corrected chi connectivity index (χ1v) is 5.87. The SMILES string of the molecule is Cc1ccc(-c2nsc(Cl)n2)c(Br)c1. The predicted octanol–water partition coefficient (Wildman–Crippen LogP) is 3.93. The molecule has 0 saturated carbocycles. The van der Waals surface area contributed by atoms with Gasteiger partial charge in [0.05, 0.1) is 0 Å². The van der Waals surface area contributed by atoms with Gasteiger partial charge in [0.1, 0.15) is 0 Å². The molecule has 0 saturated heterocycles. The van der Waals surface area contributed by atoms with Crippen molar-refractivity contribution >= 4 is 39.1 Å². The first-order valence-electron chi connectivity index (χ1n) is 3.92. The summed E-state index contributed by atoms with van der Waals surface area (Å²) in [7, 11) is 0. The summed E-state index contributed by atoms with van der Waals surface area (Å²) in [6.45, 7) is 2.04. The molecule has 0 bridgehead atoms. The van der Waals surface area contributed by atoms with Gasteiger partial charge in [-0.25, -0.2) is 4.98 Å². The fourth-order valence-corrected chi connectivity index (χ4v) is 2.40. The standard InChI is InChI=1S/C9H6BrClN2S/c1-5-2-3-6(7(10)4-5)8-12-9(11)14-13-8/h2-4H,1H3. The van der Waals surface area contributed by atoms with Gasteiger partial charge in [0, 0.05) is 10.0 Å². The lowest BCUT2D eigenvalue weighted by atomic mass is 10.1. The molecule has 0 aliphatic carbocycles. The van der Waals surface area contributed by atoms with Crippen molar-refractivity contribution < 1.29 is 0 Å². The molecule has 0 atom stereocenters. The Balaban J connectivity index is 2.52. The minimum atomic E-state index is 0.465. The van der Waals surface area contributed by atoms with Crippen LogP contribution in [0, 0.1) is 6.92 Å². The Kier molecular flexibility index (Phi) is 2.85. The molecule has 2 rings (SSSR count). The largest absolute Gasteiger partial charge is 0.203 e. The normalized spacial score (nSPS) is 10.5. The van der Waals surface area contributed by atoms with Gasteiger partial charge in [0.15, 0.2) is 5.82 Å². The van der Waals surface area contributed by atoms with E-state index in [1.165, 1.54) is 17.1 Å². The second kappa shape index (κ2) is 3.96. The second-order valence-electron chi connectivity index (χ2n) is 2.85. The Labute approximate surface area is 99.2 Å². The number of rotatable bonds is 1. The van der Waals surface area contributed by atoms with Crippen molar-refractivity contribution in [2.75, 3.05) is 0 Å². The van der Waals surface area contributed by atoms with Crippen LogP contribution in [0.5, 0.6) is 0 Å². The maximum absolute atomic E-state index is 5.72. The van der Waals surface area contributed by atoms with E-state index in [-0.39, 0.29) is 0 Å². The summed E-state index contributed by atoms with van der Waals surface area (Å²) in [6, 6.07) is 6.04. The van der Waals surface area contributed by atoms with Gasteiger partial charge in [0.2, 0.25) is 4.47 Å². The number of aromatic nitrogens is 2. The van der Waals surface area contributed by atoms with E-state index in [1.807, 2.05) is 25.1 Å². The molecule has 0 unspecified atom stereocenters. The molecule has 14 heavy (non-hydrogen) atoms. The lowest BCUT2D eigenvalue weighted by Gasteiger charge is -2.00. The fourth-order valence-electron chi connectivity index (χ4n) is 1.12. The first-order chi connectivity index (χ1) is 6.66. The summed E-state index contributed by atoms with van der Waals surface area (Å²) in [5.41, 5.74) is 2.17. The van der Waals surface area contributed by atoms with E-state index < -0.39 is 0 Å². The van der Waals surface area contributed by atoms with Crippen LogP contribution < -0.4 is 0 Å². The highest BCUT2D eigenvalue weighted by atomic mass is 79.9. The van der Waals surface area contributed by atoms with Crippen LogP contribution in [-0.2, 0) is 0 Å². The van der Waals surface area contributed by atoms with Crippen LogP contribution in [0.25, 0.3) is 11.4 Å². The molecule has 0 fully saturated rings. The summed E-state index contributed by atoms with van der Waals surface area (Å²) < 4.78 is 5.60. The molecule has 0 radical (unpaired) electrons. The Bertz CT molecular complexity index is 470. The molecule has 0 amide bonds. The van der Waals surface area contributed by atoms with E-state index >= 15 is 0 Å². The molecule has 1 aromatic heterocycles. The molecular weight excluding hydrogens is 284 g/mol. The maximum atomic E-state index is 5.72. The third-order valence-corrected chi connectivity index (χ3v) is 3.22. The van der Waals surface area contributed by atoms with Crippen LogP contribution in [0.15, 0.2) is 22.7 Å². The lowest BCUT2D eigenvalue weighted by Crippen LogP contribution is -1.83.